The molecule has 0 bridgehead atoms. The van der Waals surface area contributed by atoms with Crippen LogP contribution in [0.2, 0.25) is 0 Å². The van der Waals surface area contributed by atoms with Crippen LogP contribution in [-0.4, -0.2) is 31.3 Å². The second-order valence-electron chi connectivity index (χ2n) is 4.13. The number of ether oxygens (including phenoxy) is 1. The molecule has 3 N–H and O–H groups in total. The minimum atomic E-state index is 0.138. The van der Waals surface area contributed by atoms with Gasteiger partial charge in [-0.25, -0.2) is 0 Å². The van der Waals surface area contributed by atoms with Gasteiger partial charge in [-0.15, -0.1) is 0 Å². The lowest BCUT2D eigenvalue weighted by Gasteiger charge is -2.13. The number of rotatable bonds is 4. The number of nitrogens with one attached hydrogen (secondary N) is 1. The number of hydrogen-bond donors (Lipinski definition) is 2. The molecule has 2 rings (SSSR count). The Labute approximate surface area is 73.7 Å². The van der Waals surface area contributed by atoms with Crippen LogP contribution >= 0.6 is 0 Å². The summed E-state index contributed by atoms with van der Waals surface area (Å²) in [6, 6.07) is 0. The Morgan fingerprint density at radius 2 is 2.33 bits per heavy atom. The molecule has 1 atom stereocenters. The molecule has 1 heterocycles. The van der Waals surface area contributed by atoms with Gasteiger partial charge >= 0.3 is 0 Å². The van der Waals surface area contributed by atoms with Gasteiger partial charge in [0.05, 0.1) is 6.10 Å². The summed E-state index contributed by atoms with van der Waals surface area (Å²) in [6.45, 7) is 2.89. The van der Waals surface area contributed by atoms with Gasteiger partial charge in [-0.2, -0.15) is 0 Å². The van der Waals surface area contributed by atoms with Crippen molar-refractivity contribution in [1.29, 1.82) is 0 Å². The molecule has 70 valence electrons. The Morgan fingerprint density at radius 1 is 1.50 bits per heavy atom. The molecule has 12 heavy (non-hydrogen) atoms. The molecule has 0 aromatic carbocycles. The average molecular weight is 170 g/mol. The molecule has 3 heteroatoms. The van der Waals surface area contributed by atoms with Crippen LogP contribution in [0.15, 0.2) is 0 Å². The van der Waals surface area contributed by atoms with Gasteiger partial charge in [0.2, 0.25) is 0 Å². The van der Waals surface area contributed by atoms with Crippen LogP contribution in [0, 0.1) is 0 Å². The van der Waals surface area contributed by atoms with Gasteiger partial charge in [-0.05, 0) is 25.7 Å². The van der Waals surface area contributed by atoms with Crippen molar-refractivity contribution in [3.05, 3.63) is 0 Å². The number of nitrogens with two attached hydrogens (primary N) is 1. The predicted molar refractivity (Wildman–Crippen MR) is 48.0 cm³/mol. The maximum absolute atomic E-state index is 5.93. The fourth-order valence-electron chi connectivity index (χ4n) is 1.62. The molecule has 0 amide bonds. The summed E-state index contributed by atoms with van der Waals surface area (Å²) >= 11 is 0. The van der Waals surface area contributed by atoms with Gasteiger partial charge in [-0.3, -0.25) is 0 Å². The second kappa shape index (κ2) is 3.32. The van der Waals surface area contributed by atoms with E-state index in [1.807, 2.05) is 0 Å². The molecule has 0 spiro atoms. The highest BCUT2D eigenvalue weighted by atomic mass is 16.5. The molecule has 0 radical (unpaired) electrons. The quantitative estimate of drug-likeness (QED) is 0.635. The van der Waals surface area contributed by atoms with Crippen LogP contribution in [0.1, 0.15) is 25.7 Å². The van der Waals surface area contributed by atoms with E-state index in [0.29, 0.717) is 6.10 Å². The first-order chi connectivity index (χ1) is 5.79. The molecular weight excluding hydrogens is 152 g/mol. The highest BCUT2D eigenvalue weighted by Gasteiger charge is 2.37. The van der Waals surface area contributed by atoms with Gasteiger partial charge in [0.1, 0.15) is 0 Å². The Hall–Kier alpha value is -0.120. The van der Waals surface area contributed by atoms with Gasteiger partial charge in [-0.1, -0.05) is 0 Å². The summed E-state index contributed by atoms with van der Waals surface area (Å²) in [4.78, 5) is 0. The predicted octanol–water partition coefficient (Wildman–Crippen LogP) is 0.246. The van der Waals surface area contributed by atoms with Gasteiger partial charge in [0.25, 0.3) is 0 Å². The van der Waals surface area contributed by atoms with Crippen LogP contribution < -0.4 is 11.1 Å². The zero-order valence-corrected chi connectivity index (χ0v) is 7.51. The van der Waals surface area contributed by atoms with Crippen molar-refractivity contribution in [2.75, 3.05) is 19.7 Å². The molecule has 1 aliphatic heterocycles. The molecule has 1 aliphatic carbocycles. The third-order valence-electron chi connectivity index (χ3n) is 2.77. The minimum absolute atomic E-state index is 0.138. The summed E-state index contributed by atoms with van der Waals surface area (Å²) in [7, 11) is 0. The van der Waals surface area contributed by atoms with Crippen molar-refractivity contribution < 1.29 is 4.74 Å². The lowest BCUT2D eigenvalue weighted by Crippen LogP contribution is -2.39. The summed E-state index contributed by atoms with van der Waals surface area (Å²) in [5.74, 6) is 0. The van der Waals surface area contributed by atoms with Crippen molar-refractivity contribution >= 4 is 0 Å². The fourth-order valence-corrected chi connectivity index (χ4v) is 1.62. The van der Waals surface area contributed by atoms with E-state index >= 15 is 0 Å². The Kier molecular flexibility index (Phi) is 2.35. The molecule has 3 nitrogen and oxygen atoms in total. The van der Waals surface area contributed by atoms with E-state index in [4.69, 9.17) is 10.5 Å². The van der Waals surface area contributed by atoms with E-state index in [0.717, 1.165) is 19.7 Å². The highest BCUT2D eigenvalue weighted by Crippen LogP contribution is 2.30. The van der Waals surface area contributed by atoms with E-state index in [-0.39, 0.29) is 5.54 Å². The Balaban J connectivity index is 1.56. The standard InChI is InChI=1S/C9H18N2O/c10-9(3-4-9)7-11-6-8-2-1-5-12-8/h8,11H,1-7,10H2. The van der Waals surface area contributed by atoms with Crippen LogP contribution in [-0.2, 0) is 4.74 Å². The van der Waals surface area contributed by atoms with E-state index in [9.17, 15) is 0 Å². The van der Waals surface area contributed by atoms with Crippen LogP contribution in [0.25, 0.3) is 0 Å². The van der Waals surface area contributed by atoms with Crippen molar-refractivity contribution in [1.82, 2.24) is 5.32 Å². The zero-order chi connectivity index (χ0) is 8.44. The van der Waals surface area contributed by atoms with Crippen molar-refractivity contribution in [2.45, 2.75) is 37.3 Å². The lowest BCUT2D eigenvalue weighted by atomic mass is 10.2. The maximum Gasteiger partial charge on any atom is 0.0700 e. The summed E-state index contributed by atoms with van der Waals surface area (Å²) in [5.41, 5.74) is 6.07. The summed E-state index contributed by atoms with van der Waals surface area (Å²) < 4.78 is 5.48. The smallest absolute Gasteiger partial charge is 0.0700 e. The number of hydrogen-bond acceptors (Lipinski definition) is 3. The van der Waals surface area contributed by atoms with E-state index in [1.165, 1.54) is 25.7 Å². The first-order valence-electron chi connectivity index (χ1n) is 4.90. The molecule has 0 aromatic heterocycles. The first kappa shape index (κ1) is 8.48. The normalized spacial score (nSPS) is 32.2. The summed E-state index contributed by atoms with van der Waals surface area (Å²) in [6.07, 6.45) is 5.26. The topological polar surface area (TPSA) is 47.3 Å². The van der Waals surface area contributed by atoms with E-state index in [1.54, 1.807) is 0 Å². The lowest BCUT2D eigenvalue weighted by molar-refractivity contribution is 0.110. The molecule has 2 aliphatic rings. The molecule has 1 saturated heterocycles. The van der Waals surface area contributed by atoms with Crippen LogP contribution in [0.5, 0.6) is 0 Å². The molecule has 0 aromatic rings. The second-order valence-corrected chi connectivity index (χ2v) is 4.13. The molecule has 2 fully saturated rings. The van der Waals surface area contributed by atoms with E-state index in [2.05, 4.69) is 5.32 Å². The molecular formula is C9H18N2O. The van der Waals surface area contributed by atoms with Gasteiger partial charge in [0, 0.05) is 25.2 Å². The molecule has 1 saturated carbocycles. The fraction of sp³-hybridized carbons (Fsp3) is 1.00. The monoisotopic (exact) mass is 170 g/mol. The third-order valence-corrected chi connectivity index (χ3v) is 2.77. The highest BCUT2D eigenvalue weighted by molar-refractivity contribution is 5.00. The Morgan fingerprint density at radius 3 is 2.92 bits per heavy atom. The van der Waals surface area contributed by atoms with E-state index < -0.39 is 0 Å². The minimum Gasteiger partial charge on any atom is -0.377 e. The zero-order valence-electron chi connectivity index (χ0n) is 7.51. The third kappa shape index (κ3) is 2.19. The largest absolute Gasteiger partial charge is 0.377 e. The van der Waals surface area contributed by atoms with Gasteiger partial charge < -0.3 is 15.8 Å². The van der Waals surface area contributed by atoms with Crippen molar-refractivity contribution in [3.8, 4) is 0 Å². The molecule has 1 unspecified atom stereocenters. The van der Waals surface area contributed by atoms with Crippen LogP contribution in [0.4, 0.5) is 0 Å². The van der Waals surface area contributed by atoms with Crippen molar-refractivity contribution in [2.24, 2.45) is 5.73 Å². The summed E-state index contributed by atoms with van der Waals surface area (Å²) in [5, 5.41) is 3.38. The van der Waals surface area contributed by atoms with Gasteiger partial charge in [0.15, 0.2) is 0 Å². The first-order valence-corrected chi connectivity index (χ1v) is 4.90. The van der Waals surface area contributed by atoms with Crippen molar-refractivity contribution in [3.63, 3.8) is 0 Å². The SMILES string of the molecule is NC1(CNCC2CCCO2)CC1. The average Bonchev–Trinajstić information content (AvgIpc) is 2.61. The van der Waals surface area contributed by atoms with Crippen LogP contribution in [0.3, 0.4) is 0 Å². The Bertz CT molecular complexity index is 151. The maximum atomic E-state index is 5.93.